The normalized spacial score (nSPS) is 10.6. The van der Waals surface area contributed by atoms with Gasteiger partial charge in [0.15, 0.2) is 0 Å². The Bertz CT molecular complexity index is 368. The Balaban J connectivity index is 2.20. The summed E-state index contributed by atoms with van der Waals surface area (Å²) in [6.45, 7) is 1.46. The highest BCUT2D eigenvalue weighted by Crippen LogP contribution is 2.23. The summed E-state index contributed by atoms with van der Waals surface area (Å²) < 4.78 is 1.11. The van der Waals surface area contributed by atoms with Crippen LogP contribution in [0.4, 0.5) is 0 Å². The molecule has 0 fully saturated rings. The highest BCUT2D eigenvalue weighted by Gasteiger charge is 2.09. The summed E-state index contributed by atoms with van der Waals surface area (Å²) in [5.74, 6) is 0.229. The molecule has 0 spiro atoms. The highest BCUT2D eigenvalue weighted by atomic mass is 79.9. The van der Waals surface area contributed by atoms with Crippen molar-refractivity contribution in [1.29, 1.82) is 0 Å². The molecule has 0 atom stereocenters. The first-order valence-corrected chi connectivity index (χ1v) is 7.92. The van der Waals surface area contributed by atoms with Crippen LogP contribution in [-0.4, -0.2) is 24.4 Å². The van der Waals surface area contributed by atoms with E-state index >= 15 is 0 Å². The molecule has 0 aliphatic heterocycles. The van der Waals surface area contributed by atoms with Crippen molar-refractivity contribution in [3.05, 3.63) is 20.8 Å². The monoisotopic (exact) mass is 332 g/mol. The molecule has 3 nitrogen and oxygen atoms in total. The molecule has 1 rings (SSSR count). The first-order valence-electron chi connectivity index (χ1n) is 6.31. The lowest BCUT2D eigenvalue weighted by Crippen LogP contribution is -2.25. The fourth-order valence-corrected chi connectivity index (χ4v) is 3.26. The molecule has 1 aromatic heterocycles. The van der Waals surface area contributed by atoms with Crippen LogP contribution in [0, 0.1) is 0 Å². The van der Waals surface area contributed by atoms with Gasteiger partial charge in [-0.05, 0) is 47.4 Å². The van der Waals surface area contributed by atoms with Gasteiger partial charge in [-0.3, -0.25) is 4.79 Å². The molecule has 0 radical (unpaired) electrons. The van der Waals surface area contributed by atoms with Crippen LogP contribution in [0.25, 0.3) is 0 Å². The molecule has 1 amide bonds. The second-order valence-electron chi connectivity index (χ2n) is 4.41. The van der Waals surface area contributed by atoms with Gasteiger partial charge < -0.3 is 10.6 Å². The van der Waals surface area contributed by atoms with Crippen LogP contribution >= 0.6 is 27.3 Å². The molecular weight excluding hydrogens is 312 g/mol. The number of halogens is 1. The lowest BCUT2D eigenvalue weighted by molar-refractivity contribution is -0.130. The zero-order chi connectivity index (χ0) is 13.4. The Kier molecular flexibility index (Phi) is 7.54. The maximum absolute atomic E-state index is 11.9. The second-order valence-corrected chi connectivity index (χ2v) is 6.96. The molecule has 0 aromatic carbocycles. The Morgan fingerprint density at radius 1 is 1.33 bits per heavy atom. The number of carbonyl (C=O) groups excluding carboxylic acids is 1. The van der Waals surface area contributed by atoms with Crippen molar-refractivity contribution in [1.82, 2.24) is 4.90 Å². The van der Waals surface area contributed by atoms with Gasteiger partial charge in [0.2, 0.25) is 5.91 Å². The largest absolute Gasteiger partial charge is 0.341 e. The molecule has 5 heteroatoms. The van der Waals surface area contributed by atoms with Crippen LogP contribution in [0.15, 0.2) is 15.9 Å². The molecule has 18 heavy (non-hydrogen) atoms. The van der Waals surface area contributed by atoms with E-state index in [1.54, 1.807) is 16.2 Å². The fourth-order valence-electron chi connectivity index (χ4n) is 1.72. The van der Waals surface area contributed by atoms with E-state index in [4.69, 9.17) is 5.73 Å². The van der Waals surface area contributed by atoms with E-state index in [-0.39, 0.29) is 5.91 Å². The molecule has 0 saturated heterocycles. The maximum Gasteiger partial charge on any atom is 0.222 e. The smallest absolute Gasteiger partial charge is 0.222 e. The van der Waals surface area contributed by atoms with Crippen LogP contribution in [0.3, 0.4) is 0 Å². The third-order valence-corrected chi connectivity index (χ3v) is 4.40. The number of nitrogens with zero attached hydrogens (tertiary/aromatic N) is 1. The van der Waals surface area contributed by atoms with Gasteiger partial charge in [0.1, 0.15) is 0 Å². The van der Waals surface area contributed by atoms with E-state index in [9.17, 15) is 4.79 Å². The van der Waals surface area contributed by atoms with Crippen molar-refractivity contribution in [3.63, 3.8) is 0 Å². The molecule has 0 aliphatic carbocycles. The standard InChI is InChI=1S/C13H21BrN2OS/c1-16(10-11-7-8-12(14)18-11)13(17)6-4-2-3-5-9-15/h7-8H,2-6,9-10,15H2,1H3. The van der Waals surface area contributed by atoms with Gasteiger partial charge in [0, 0.05) is 18.3 Å². The average molecular weight is 333 g/mol. The third-order valence-electron chi connectivity index (χ3n) is 2.79. The Labute approximate surface area is 121 Å². The lowest BCUT2D eigenvalue weighted by Gasteiger charge is -2.16. The fraction of sp³-hybridized carbons (Fsp3) is 0.615. The minimum absolute atomic E-state index is 0.229. The van der Waals surface area contributed by atoms with E-state index in [0.29, 0.717) is 13.0 Å². The van der Waals surface area contributed by atoms with Gasteiger partial charge in [-0.1, -0.05) is 12.8 Å². The van der Waals surface area contributed by atoms with Crippen LogP contribution in [0.2, 0.25) is 0 Å². The molecule has 1 aromatic rings. The van der Waals surface area contributed by atoms with Crippen molar-refractivity contribution < 1.29 is 4.79 Å². The number of unbranched alkanes of at least 4 members (excludes halogenated alkanes) is 3. The van der Waals surface area contributed by atoms with Crippen LogP contribution in [0.5, 0.6) is 0 Å². The van der Waals surface area contributed by atoms with Crippen molar-refractivity contribution >= 4 is 33.2 Å². The predicted molar refractivity (Wildman–Crippen MR) is 80.6 cm³/mol. The summed E-state index contributed by atoms with van der Waals surface area (Å²) in [7, 11) is 1.87. The number of rotatable bonds is 8. The third kappa shape index (κ3) is 5.98. The Hall–Kier alpha value is -0.390. The molecule has 2 N–H and O–H groups in total. The Morgan fingerprint density at radius 2 is 2.06 bits per heavy atom. The molecular formula is C13H21BrN2OS. The minimum Gasteiger partial charge on any atom is -0.341 e. The number of thiophene rings is 1. The number of hydrogen-bond donors (Lipinski definition) is 1. The lowest BCUT2D eigenvalue weighted by atomic mass is 10.1. The van der Waals surface area contributed by atoms with Gasteiger partial charge in [-0.15, -0.1) is 11.3 Å². The van der Waals surface area contributed by atoms with Gasteiger partial charge in [-0.2, -0.15) is 0 Å². The van der Waals surface area contributed by atoms with Crippen LogP contribution in [0.1, 0.15) is 37.0 Å². The first kappa shape index (κ1) is 15.7. The van der Waals surface area contributed by atoms with E-state index in [1.165, 1.54) is 4.88 Å². The first-order chi connectivity index (χ1) is 8.63. The summed E-state index contributed by atoms with van der Waals surface area (Å²) in [5, 5.41) is 0. The zero-order valence-corrected chi connectivity index (χ0v) is 13.2. The summed E-state index contributed by atoms with van der Waals surface area (Å²) >= 11 is 5.11. The summed E-state index contributed by atoms with van der Waals surface area (Å²) in [4.78, 5) is 14.9. The van der Waals surface area contributed by atoms with Crippen molar-refractivity contribution in [2.24, 2.45) is 5.73 Å². The Morgan fingerprint density at radius 3 is 2.67 bits per heavy atom. The summed E-state index contributed by atoms with van der Waals surface area (Å²) in [5.41, 5.74) is 5.43. The summed E-state index contributed by atoms with van der Waals surface area (Å²) in [6.07, 6.45) is 4.91. The molecule has 102 valence electrons. The second kappa shape index (κ2) is 8.67. The van der Waals surface area contributed by atoms with Gasteiger partial charge in [0.05, 0.1) is 10.3 Å². The number of amides is 1. The topological polar surface area (TPSA) is 46.3 Å². The molecule has 0 unspecified atom stereocenters. The van der Waals surface area contributed by atoms with Crippen LogP contribution < -0.4 is 5.73 Å². The van der Waals surface area contributed by atoms with E-state index in [0.717, 1.165) is 36.0 Å². The predicted octanol–water partition coefficient (Wildman–Crippen LogP) is 3.38. The molecule has 0 aliphatic rings. The van der Waals surface area contributed by atoms with E-state index < -0.39 is 0 Å². The number of nitrogens with two attached hydrogens (primary N) is 1. The highest BCUT2D eigenvalue weighted by molar-refractivity contribution is 9.11. The van der Waals surface area contributed by atoms with E-state index in [2.05, 4.69) is 22.0 Å². The summed E-state index contributed by atoms with van der Waals surface area (Å²) in [6, 6.07) is 4.07. The van der Waals surface area contributed by atoms with Gasteiger partial charge >= 0.3 is 0 Å². The molecule has 0 bridgehead atoms. The minimum atomic E-state index is 0.229. The van der Waals surface area contributed by atoms with Crippen LogP contribution in [-0.2, 0) is 11.3 Å². The number of carbonyl (C=O) groups is 1. The average Bonchev–Trinajstić information content (AvgIpc) is 2.74. The van der Waals surface area contributed by atoms with Crippen molar-refractivity contribution in [2.45, 2.75) is 38.6 Å². The van der Waals surface area contributed by atoms with Crippen molar-refractivity contribution in [2.75, 3.05) is 13.6 Å². The van der Waals surface area contributed by atoms with Crippen molar-refractivity contribution in [3.8, 4) is 0 Å². The van der Waals surface area contributed by atoms with E-state index in [1.807, 2.05) is 13.1 Å². The SMILES string of the molecule is CN(Cc1ccc(Br)s1)C(=O)CCCCCCN. The number of hydrogen-bond acceptors (Lipinski definition) is 3. The van der Waals surface area contributed by atoms with Gasteiger partial charge in [-0.25, -0.2) is 0 Å². The quantitative estimate of drug-likeness (QED) is 0.742. The molecule has 1 heterocycles. The van der Waals surface area contributed by atoms with Gasteiger partial charge in [0.25, 0.3) is 0 Å². The molecule has 0 saturated carbocycles. The zero-order valence-electron chi connectivity index (χ0n) is 10.8. The maximum atomic E-state index is 11.9.